The fraction of sp³-hybridized carbons (Fsp3) is 0. The normalized spacial score (nSPS) is 9.08. The molecule has 0 saturated carbocycles. The monoisotopic (exact) mass is 294 g/mol. The summed E-state index contributed by atoms with van der Waals surface area (Å²) >= 11 is 0. The molecule has 0 atom stereocenters. The second-order valence-electron chi connectivity index (χ2n) is 0.937. The molecular weight excluding hydrogens is 292 g/mol. The largest absolute Gasteiger partial charge is 2.00 e. The zero-order valence-electron chi connectivity index (χ0n) is 6.95. The van der Waals surface area contributed by atoms with Crippen molar-refractivity contribution in [1.29, 1.82) is 0 Å². The van der Waals surface area contributed by atoms with Gasteiger partial charge in [-0.1, -0.05) is 0 Å². The number of phosphoric acid groups is 2. The Morgan fingerprint density at radius 3 is 0.846 bits per heavy atom. The van der Waals surface area contributed by atoms with Crippen molar-refractivity contribution in [3.63, 3.8) is 0 Å². The van der Waals surface area contributed by atoms with E-state index in [-0.39, 0.29) is 119 Å². The van der Waals surface area contributed by atoms with Crippen LogP contribution in [0.3, 0.4) is 0 Å². The molecular formula is H2CaKNaO8P2. The molecule has 8 nitrogen and oxygen atoms in total. The van der Waals surface area contributed by atoms with E-state index in [1.807, 2.05) is 0 Å². The second kappa shape index (κ2) is 14.2. The van der Waals surface area contributed by atoms with Crippen molar-refractivity contribution in [2.24, 2.45) is 0 Å². The third-order valence-corrected chi connectivity index (χ3v) is 0. The first kappa shape index (κ1) is 30.3. The van der Waals surface area contributed by atoms with Gasteiger partial charge in [-0.05, 0) is 0 Å². The smallest absolute Gasteiger partial charge is 0.790 e. The van der Waals surface area contributed by atoms with Crippen LogP contribution in [0.15, 0.2) is 0 Å². The molecule has 64 valence electrons. The maximum atomic E-state index is 8.66. The molecule has 0 aromatic heterocycles. The van der Waals surface area contributed by atoms with Crippen molar-refractivity contribution < 1.29 is 119 Å². The summed E-state index contributed by atoms with van der Waals surface area (Å²) in [5.74, 6) is 0. The molecule has 2 N–H and O–H groups in total. The molecule has 0 aromatic carbocycles. The average molecular weight is 294 g/mol. The third kappa shape index (κ3) is 190. The topological polar surface area (TPSA) is 167 Å². The standard InChI is InChI=1S/Ca.K.Na.2H3O4P/c;;;2*1-5(2,3)4/h;;;2*(H3,1,2,3,4)/q+2;2*+1;;/p-4. The van der Waals surface area contributed by atoms with Gasteiger partial charge in [-0.2, -0.15) is 0 Å². The Morgan fingerprint density at radius 1 is 0.846 bits per heavy atom. The van der Waals surface area contributed by atoms with Crippen LogP contribution >= 0.6 is 15.6 Å². The van der Waals surface area contributed by atoms with E-state index in [0.29, 0.717) is 0 Å². The minimum absolute atomic E-state index is 0. The molecule has 13 heteroatoms. The quantitative estimate of drug-likeness (QED) is 0.328. The van der Waals surface area contributed by atoms with Gasteiger partial charge in [0.05, 0.1) is 15.6 Å². The Bertz CT molecular complexity index is 134. The fourth-order valence-electron chi connectivity index (χ4n) is 0. The Labute approximate surface area is 169 Å². The maximum absolute atomic E-state index is 8.66. The Balaban J connectivity index is -0.0000000267. The molecule has 0 bridgehead atoms. The molecule has 0 unspecified atom stereocenters. The van der Waals surface area contributed by atoms with Gasteiger partial charge in [-0.3, -0.25) is 0 Å². The molecule has 0 aliphatic carbocycles. The van der Waals surface area contributed by atoms with Gasteiger partial charge in [0, 0.05) is 0 Å². The molecule has 0 fully saturated rings. The van der Waals surface area contributed by atoms with E-state index in [1.54, 1.807) is 0 Å². The van der Waals surface area contributed by atoms with E-state index >= 15 is 0 Å². The molecule has 0 aliphatic rings. The van der Waals surface area contributed by atoms with Crippen LogP contribution in [0.5, 0.6) is 0 Å². The van der Waals surface area contributed by atoms with Crippen LogP contribution in [0.4, 0.5) is 0 Å². The first-order valence-electron chi connectivity index (χ1n) is 1.50. The van der Waals surface area contributed by atoms with Gasteiger partial charge in [0.25, 0.3) is 0 Å². The summed E-state index contributed by atoms with van der Waals surface area (Å²) in [6, 6.07) is 0. The molecule has 0 saturated heterocycles. The molecule has 0 rings (SSSR count). The molecule has 0 spiro atoms. The number of hydrogen-bond acceptors (Lipinski definition) is 6. The summed E-state index contributed by atoms with van der Waals surface area (Å²) in [4.78, 5) is 48.6. The van der Waals surface area contributed by atoms with E-state index in [0.717, 1.165) is 0 Å². The average Bonchev–Trinajstić information content (AvgIpc) is 1.12. The van der Waals surface area contributed by atoms with Gasteiger partial charge in [-0.15, -0.1) is 0 Å². The van der Waals surface area contributed by atoms with Gasteiger partial charge in [0.15, 0.2) is 0 Å². The van der Waals surface area contributed by atoms with Gasteiger partial charge >= 0.3 is 119 Å². The summed E-state index contributed by atoms with van der Waals surface area (Å²) < 4.78 is 17.3. The zero-order valence-corrected chi connectivity index (χ0v) is 16.1. The number of hydrogen-bond donors (Lipinski definition) is 2. The van der Waals surface area contributed by atoms with Crippen LogP contribution in [0.2, 0.25) is 0 Å². The second-order valence-corrected chi connectivity index (χ2v) is 2.81. The van der Waals surface area contributed by atoms with Crippen molar-refractivity contribution in [1.82, 2.24) is 0 Å². The Kier molecular flexibility index (Phi) is 33.0. The zero-order chi connectivity index (χ0) is 9.00. The SMILES string of the molecule is O=P([O-])([O-])O.O=P([O-])([O-])O.[Ca+2].[K+].[Na+]. The molecule has 0 amide bonds. The van der Waals surface area contributed by atoms with Crippen molar-refractivity contribution >= 4 is 53.4 Å². The molecule has 0 radical (unpaired) electrons. The Morgan fingerprint density at radius 2 is 0.846 bits per heavy atom. The summed E-state index contributed by atoms with van der Waals surface area (Å²) in [5, 5.41) is 0. The Hall–Kier alpha value is 4.12. The van der Waals surface area contributed by atoms with Gasteiger partial charge < -0.3 is 38.5 Å². The summed E-state index contributed by atoms with van der Waals surface area (Å²) in [6.45, 7) is 0. The predicted molar refractivity (Wildman–Crippen MR) is 25.4 cm³/mol. The minimum Gasteiger partial charge on any atom is -0.790 e. The van der Waals surface area contributed by atoms with Crippen LogP contribution in [-0.2, 0) is 9.13 Å². The van der Waals surface area contributed by atoms with Crippen molar-refractivity contribution in [2.45, 2.75) is 0 Å². The third-order valence-electron chi connectivity index (χ3n) is 0. The fourth-order valence-corrected chi connectivity index (χ4v) is 0. The summed E-state index contributed by atoms with van der Waals surface area (Å²) in [6.07, 6.45) is 0. The molecule has 0 heterocycles. The van der Waals surface area contributed by atoms with E-state index in [4.69, 9.17) is 38.5 Å². The van der Waals surface area contributed by atoms with E-state index < -0.39 is 15.6 Å². The first-order chi connectivity index (χ1) is 4.00. The van der Waals surface area contributed by atoms with Crippen LogP contribution < -0.4 is 101 Å². The maximum Gasteiger partial charge on any atom is 2.00 e. The minimum atomic E-state index is -5.14. The van der Waals surface area contributed by atoms with Crippen LogP contribution in [0.25, 0.3) is 0 Å². The van der Waals surface area contributed by atoms with Gasteiger partial charge in [0.2, 0.25) is 0 Å². The first-order valence-corrected chi connectivity index (χ1v) is 4.49. The molecule has 0 aliphatic heterocycles. The summed E-state index contributed by atoms with van der Waals surface area (Å²) in [7, 11) is -10.3. The van der Waals surface area contributed by atoms with Gasteiger partial charge in [-0.25, -0.2) is 0 Å². The number of rotatable bonds is 0. The van der Waals surface area contributed by atoms with E-state index in [2.05, 4.69) is 0 Å². The van der Waals surface area contributed by atoms with Crippen molar-refractivity contribution in [3.05, 3.63) is 0 Å². The predicted octanol–water partition coefficient (Wildman–Crippen LogP) is -10.8. The van der Waals surface area contributed by atoms with Gasteiger partial charge in [0.1, 0.15) is 0 Å². The molecule has 13 heavy (non-hydrogen) atoms. The van der Waals surface area contributed by atoms with Crippen molar-refractivity contribution in [3.8, 4) is 0 Å². The van der Waals surface area contributed by atoms with E-state index in [9.17, 15) is 0 Å². The van der Waals surface area contributed by atoms with E-state index in [1.165, 1.54) is 0 Å². The molecule has 0 aromatic rings. The van der Waals surface area contributed by atoms with Crippen LogP contribution in [0, 0.1) is 0 Å². The van der Waals surface area contributed by atoms with Crippen LogP contribution in [0.1, 0.15) is 0 Å². The van der Waals surface area contributed by atoms with Crippen LogP contribution in [-0.4, -0.2) is 47.5 Å². The summed E-state index contributed by atoms with van der Waals surface area (Å²) in [5.41, 5.74) is 0. The van der Waals surface area contributed by atoms with Crippen molar-refractivity contribution in [2.75, 3.05) is 0 Å².